The van der Waals surface area contributed by atoms with Gasteiger partial charge in [0, 0.05) is 12.6 Å². The number of hydrogen-bond donors (Lipinski definition) is 2. The number of benzene rings is 1. The first-order chi connectivity index (χ1) is 10.6. The van der Waals surface area contributed by atoms with E-state index < -0.39 is 5.97 Å². The summed E-state index contributed by atoms with van der Waals surface area (Å²) in [4.78, 5) is 10.8. The van der Waals surface area contributed by atoms with Gasteiger partial charge in [-0.15, -0.1) is 0 Å². The average Bonchev–Trinajstić information content (AvgIpc) is 2.55. The van der Waals surface area contributed by atoms with E-state index in [9.17, 15) is 4.79 Å². The highest BCUT2D eigenvalue weighted by molar-refractivity contribution is 5.87. The summed E-state index contributed by atoms with van der Waals surface area (Å²) in [6.07, 6.45) is 9.18. The first-order valence-electron chi connectivity index (χ1n) is 8.64. The van der Waals surface area contributed by atoms with Crippen molar-refractivity contribution in [2.45, 2.75) is 71.4 Å². The first-order valence-corrected chi connectivity index (χ1v) is 8.64. The lowest BCUT2D eigenvalue weighted by Crippen LogP contribution is -2.37. The van der Waals surface area contributed by atoms with E-state index in [-0.39, 0.29) is 0 Å². The van der Waals surface area contributed by atoms with Gasteiger partial charge in [-0.3, -0.25) is 0 Å². The van der Waals surface area contributed by atoms with E-state index in [1.165, 1.54) is 44.9 Å². The number of nitrogens with one attached hydrogen (secondary N) is 1. The molecular weight excluding hydrogens is 274 g/mol. The molecule has 2 N–H and O–H groups in total. The zero-order chi connectivity index (χ0) is 16.0. The summed E-state index contributed by atoms with van der Waals surface area (Å²) in [5.41, 5.74) is 2.11. The molecule has 0 atom stereocenters. The average molecular weight is 303 g/mol. The van der Waals surface area contributed by atoms with Gasteiger partial charge in [-0.1, -0.05) is 38.8 Å². The van der Waals surface area contributed by atoms with Gasteiger partial charge in [0.15, 0.2) is 0 Å². The van der Waals surface area contributed by atoms with Crippen molar-refractivity contribution in [1.82, 2.24) is 5.32 Å². The number of aromatic carboxylic acids is 1. The summed E-state index contributed by atoms with van der Waals surface area (Å²) in [6.45, 7) is 5.47. The van der Waals surface area contributed by atoms with Crippen LogP contribution < -0.4 is 5.32 Å². The van der Waals surface area contributed by atoms with Gasteiger partial charge >= 0.3 is 5.97 Å². The van der Waals surface area contributed by atoms with Crippen LogP contribution in [0.25, 0.3) is 0 Å². The van der Waals surface area contributed by atoms with Crippen molar-refractivity contribution >= 4 is 5.97 Å². The molecule has 0 amide bonds. The molecule has 1 aliphatic carbocycles. The van der Waals surface area contributed by atoms with E-state index in [1.807, 2.05) is 12.1 Å². The van der Waals surface area contributed by atoms with Crippen LogP contribution in [0.4, 0.5) is 0 Å². The monoisotopic (exact) mass is 303 g/mol. The molecular formula is C19H29NO2. The third kappa shape index (κ3) is 4.33. The fourth-order valence-corrected chi connectivity index (χ4v) is 3.77. The van der Waals surface area contributed by atoms with Crippen LogP contribution in [0.1, 0.15) is 74.7 Å². The molecule has 0 heterocycles. The smallest absolute Gasteiger partial charge is 0.335 e. The van der Waals surface area contributed by atoms with E-state index in [0.717, 1.165) is 12.1 Å². The molecule has 2 rings (SSSR count). The van der Waals surface area contributed by atoms with E-state index in [2.05, 4.69) is 19.2 Å². The van der Waals surface area contributed by atoms with Crippen molar-refractivity contribution in [1.29, 1.82) is 0 Å². The van der Waals surface area contributed by atoms with Gasteiger partial charge in [-0.25, -0.2) is 4.79 Å². The second kappa shape index (κ2) is 7.77. The lowest BCUT2D eigenvalue weighted by atomic mass is 9.68. The van der Waals surface area contributed by atoms with Crippen LogP contribution in [0.5, 0.6) is 0 Å². The number of carboxylic acids is 1. The van der Waals surface area contributed by atoms with Crippen molar-refractivity contribution in [3.05, 3.63) is 35.4 Å². The molecule has 0 aliphatic heterocycles. The van der Waals surface area contributed by atoms with E-state index in [1.54, 1.807) is 12.1 Å². The minimum atomic E-state index is -0.862. The summed E-state index contributed by atoms with van der Waals surface area (Å²) in [7, 11) is 0. The maximum absolute atomic E-state index is 10.8. The van der Waals surface area contributed by atoms with Gasteiger partial charge < -0.3 is 10.4 Å². The number of carboxylic acid groups (broad SMARTS) is 1. The largest absolute Gasteiger partial charge is 0.478 e. The fraction of sp³-hybridized carbons (Fsp3) is 0.632. The minimum absolute atomic E-state index is 0.355. The fourth-order valence-electron chi connectivity index (χ4n) is 3.77. The van der Waals surface area contributed by atoms with Crippen molar-refractivity contribution in [3.8, 4) is 0 Å². The lowest BCUT2D eigenvalue weighted by Gasteiger charge is -2.40. The molecule has 0 spiro atoms. The zero-order valence-electron chi connectivity index (χ0n) is 13.9. The SMILES string of the molecule is CCCC1(CC)CCC(NCc2ccc(C(=O)O)cc2)CC1. The highest BCUT2D eigenvalue weighted by Crippen LogP contribution is 2.42. The maximum atomic E-state index is 10.8. The van der Waals surface area contributed by atoms with Crippen LogP contribution in [0.2, 0.25) is 0 Å². The van der Waals surface area contributed by atoms with Gasteiger partial charge in [-0.2, -0.15) is 0 Å². The Balaban J connectivity index is 1.80. The molecule has 0 saturated heterocycles. The molecule has 1 aromatic carbocycles. The lowest BCUT2D eigenvalue weighted by molar-refractivity contribution is 0.0697. The Labute approximate surface area is 134 Å². The first kappa shape index (κ1) is 17.0. The van der Waals surface area contributed by atoms with E-state index in [0.29, 0.717) is 17.0 Å². The maximum Gasteiger partial charge on any atom is 0.335 e. The molecule has 1 saturated carbocycles. The number of hydrogen-bond acceptors (Lipinski definition) is 2. The highest BCUT2D eigenvalue weighted by Gasteiger charge is 2.32. The molecule has 22 heavy (non-hydrogen) atoms. The Morgan fingerprint density at radius 3 is 2.36 bits per heavy atom. The third-order valence-electron chi connectivity index (χ3n) is 5.37. The molecule has 0 bridgehead atoms. The van der Waals surface area contributed by atoms with Gasteiger partial charge in [0.25, 0.3) is 0 Å². The van der Waals surface area contributed by atoms with Crippen LogP contribution in [0, 0.1) is 5.41 Å². The predicted octanol–water partition coefficient (Wildman–Crippen LogP) is 4.61. The summed E-state index contributed by atoms with van der Waals surface area (Å²) in [5.74, 6) is -0.862. The molecule has 1 aliphatic rings. The van der Waals surface area contributed by atoms with Gasteiger partial charge in [0.1, 0.15) is 0 Å². The summed E-state index contributed by atoms with van der Waals surface area (Å²) >= 11 is 0. The predicted molar refractivity (Wildman–Crippen MR) is 90.1 cm³/mol. The zero-order valence-corrected chi connectivity index (χ0v) is 13.9. The number of rotatable bonds is 7. The molecule has 3 heteroatoms. The van der Waals surface area contributed by atoms with Crippen molar-refractivity contribution < 1.29 is 9.90 Å². The van der Waals surface area contributed by atoms with Gasteiger partial charge in [0.05, 0.1) is 5.56 Å². The second-order valence-electron chi connectivity index (χ2n) is 6.76. The Hall–Kier alpha value is -1.35. The topological polar surface area (TPSA) is 49.3 Å². The van der Waals surface area contributed by atoms with Crippen LogP contribution in [0.3, 0.4) is 0 Å². The van der Waals surface area contributed by atoms with E-state index >= 15 is 0 Å². The summed E-state index contributed by atoms with van der Waals surface area (Å²) in [5, 5.41) is 12.6. The highest BCUT2D eigenvalue weighted by atomic mass is 16.4. The van der Waals surface area contributed by atoms with Crippen molar-refractivity contribution in [2.75, 3.05) is 0 Å². The van der Waals surface area contributed by atoms with Crippen LogP contribution in [-0.4, -0.2) is 17.1 Å². The van der Waals surface area contributed by atoms with E-state index in [4.69, 9.17) is 5.11 Å². The molecule has 0 aromatic heterocycles. The molecule has 0 radical (unpaired) electrons. The quantitative estimate of drug-likeness (QED) is 0.773. The van der Waals surface area contributed by atoms with Crippen LogP contribution >= 0.6 is 0 Å². The minimum Gasteiger partial charge on any atom is -0.478 e. The Morgan fingerprint density at radius 1 is 1.23 bits per heavy atom. The summed E-state index contributed by atoms with van der Waals surface area (Å²) < 4.78 is 0. The molecule has 1 fully saturated rings. The Kier molecular flexibility index (Phi) is 6.01. The normalized spacial score (nSPS) is 25.1. The van der Waals surface area contributed by atoms with Crippen LogP contribution in [0.15, 0.2) is 24.3 Å². The molecule has 0 unspecified atom stereocenters. The standard InChI is InChI=1S/C19H29NO2/c1-3-11-19(4-2)12-9-17(10-13-19)20-14-15-5-7-16(8-6-15)18(21)22/h5-8,17,20H,3-4,9-14H2,1-2H3,(H,21,22). The van der Waals surface area contributed by atoms with Gasteiger partial charge in [-0.05, 0) is 55.2 Å². The summed E-state index contributed by atoms with van der Waals surface area (Å²) in [6, 6.07) is 7.79. The van der Waals surface area contributed by atoms with Crippen LogP contribution in [-0.2, 0) is 6.54 Å². The second-order valence-corrected chi connectivity index (χ2v) is 6.76. The number of carbonyl (C=O) groups is 1. The molecule has 122 valence electrons. The van der Waals surface area contributed by atoms with Crippen molar-refractivity contribution in [2.24, 2.45) is 5.41 Å². The third-order valence-corrected chi connectivity index (χ3v) is 5.37. The Bertz CT molecular complexity index is 473. The Morgan fingerprint density at radius 2 is 1.86 bits per heavy atom. The van der Waals surface area contributed by atoms with Gasteiger partial charge in [0.2, 0.25) is 0 Å². The molecule has 3 nitrogen and oxygen atoms in total. The molecule has 1 aromatic rings. The van der Waals surface area contributed by atoms with Crippen molar-refractivity contribution in [3.63, 3.8) is 0 Å².